The van der Waals surface area contributed by atoms with Crippen molar-refractivity contribution in [3.8, 4) is 0 Å². The number of carboxylic acid groups (broad SMARTS) is 1. The Morgan fingerprint density at radius 3 is 1.94 bits per heavy atom. The van der Waals surface area contributed by atoms with Gasteiger partial charge in [-0.15, -0.1) is 0 Å². The van der Waals surface area contributed by atoms with Gasteiger partial charge in [0.1, 0.15) is 0 Å². The Kier molecular flexibility index (Phi) is 10.4. The lowest BCUT2D eigenvalue weighted by atomic mass is 9.96. The molecule has 0 aliphatic carbocycles. The van der Waals surface area contributed by atoms with E-state index in [0.29, 0.717) is 6.42 Å². The Bertz CT molecular complexity index is 241. The van der Waals surface area contributed by atoms with Gasteiger partial charge in [0.25, 0.3) is 0 Å². The van der Waals surface area contributed by atoms with E-state index in [9.17, 15) is 9.59 Å². The molecule has 4 nitrogen and oxygen atoms in total. The second-order valence-electron chi connectivity index (χ2n) is 4.96. The predicted octanol–water partition coefficient (Wildman–Crippen LogP) is 3.09. The summed E-state index contributed by atoms with van der Waals surface area (Å²) >= 11 is 0. The lowest BCUT2D eigenvalue weighted by Gasteiger charge is -2.10. The highest BCUT2D eigenvalue weighted by Gasteiger charge is 2.18. The third-order valence-electron chi connectivity index (χ3n) is 3.23. The zero-order chi connectivity index (χ0) is 13.8. The maximum atomic E-state index is 11.0. The van der Waals surface area contributed by atoms with Gasteiger partial charge < -0.3 is 10.8 Å². The van der Waals surface area contributed by atoms with Gasteiger partial charge in [0.05, 0.1) is 6.42 Å². The van der Waals surface area contributed by atoms with Crippen molar-refractivity contribution in [3.05, 3.63) is 0 Å². The highest BCUT2D eigenvalue weighted by Crippen LogP contribution is 2.15. The lowest BCUT2D eigenvalue weighted by Crippen LogP contribution is -2.25. The lowest BCUT2D eigenvalue weighted by molar-refractivity contribution is -0.140. The Balaban J connectivity index is 3.49. The third-order valence-corrected chi connectivity index (χ3v) is 3.23. The average molecular weight is 257 g/mol. The minimum Gasteiger partial charge on any atom is -0.481 e. The van der Waals surface area contributed by atoms with Crippen LogP contribution in [-0.4, -0.2) is 17.0 Å². The fourth-order valence-electron chi connectivity index (χ4n) is 2.08. The molecule has 0 saturated heterocycles. The molecule has 0 fully saturated rings. The molecule has 1 unspecified atom stereocenters. The van der Waals surface area contributed by atoms with E-state index in [0.717, 1.165) is 12.8 Å². The van der Waals surface area contributed by atoms with Crippen LogP contribution in [0.5, 0.6) is 0 Å². The van der Waals surface area contributed by atoms with Crippen LogP contribution in [0.2, 0.25) is 0 Å². The summed E-state index contributed by atoms with van der Waals surface area (Å²) in [6, 6.07) is 0. The molecular weight excluding hydrogens is 230 g/mol. The van der Waals surface area contributed by atoms with Crippen molar-refractivity contribution in [1.82, 2.24) is 0 Å². The maximum absolute atomic E-state index is 11.0. The largest absolute Gasteiger partial charge is 0.481 e. The van der Waals surface area contributed by atoms with Crippen LogP contribution >= 0.6 is 0 Å². The molecule has 0 bridgehead atoms. The zero-order valence-electron chi connectivity index (χ0n) is 11.5. The summed E-state index contributed by atoms with van der Waals surface area (Å²) in [5.74, 6) is -1.93. The molecule has 3 N–H and O–H groups in total. The molecule has 0 aromatic rings. The van der Waals surface area contributed by atoms with Crippen molar-refractivity contribution in [2.24, 2.45) is 11.7 Å². The number of unbranched alkanes of at least 4 members (excludes halogenated alkanes) is 7. The quantitative estimate of drug-likeness (QED) is 0.527. The van der Waals surface area contributed by atoms with Crippen LogP contribution in [0.3, 0.4) is 0 Å². The molecule has 1 amide bonds. The number of aliphatic carboxylic acids is 1. The molecule has 0 rings (SSSR count). The molecule has 106 valence electrons. The number of carboxylic acids is 1. The molecule has 18 heavy (non-hydrogen) atoms. The summed E-state index contributed by atoms with van der Waals surface area (Å²) in [7, 11) is 0. The van der Waals surface area contributed by atoms with Crippen LogP contribution in [-0.2, 0) is 9.59 Å². The van der Waals surface area contributed by atoms with Crippen molar-refractivity contribution >= 4 is 11.9 Å². The van der Waals surface area contributed by atoms with Gasteiger partial charge in [0.2, 0.25) is 5.91 Å². The highest BCUT2D eigenvalue weighted by molar-refractivity contribution is 5.81. The summed E-state index contributed by atoms with van der Waals surface area (Å²) in [5, 5.41) is 8.65. The molecule has 0 aromatic carbocycles. The molecule has 0 spiro atoms. The topological polar surface area (TPSA) is 80.4 Å². The second-order valence-corrected chi connectivity index (χ2v) is 4.96. The van der Waals surface area contributed by atoms with Gasteiger partial charge in [-0.25, -0.2) is 0 Å². The first-order valence-corrected chi connectivity index (χ1v) is 7.09. The van der Waals surface area contributed by atoms with E-state index in [1.807, 2.05) is 0 Å². The fraction of sp³-hybridized carbons (Fsp3) is 0.857. The van der Waals surface area contributed by atoms with Crippen LogP contribution in [0.4, 0.5) is 0 Å². The monoisotopic (exact) mass is 257 g/mol. The number of rotatable bonds is 12. The van der Waals surface area contributed by atoms with Crippen LogP contribution in [0, 0.1) is 5.92 Å². The highest BCUT2D eigenvalue weighted by atomic mass is 16.4. The first kappa shape index (κ1) is 16.9. The van der Waals surface area contributed by atoms with Crippen LogP contribution in [0.1, 0.15) is 71.1 Å². The average Bonchev–Trinajstić information content (AvgIpc) is 2.30. The summed E-state index contributed by atoms with van der Waals surface area (Å²) in [4.78, 5) is 21.6. The molecule has 0 aliphatic rings. The normalized spacial score (nSPS) is 12.3. The first-order chi connectivity index (χ1) is 8.57. The number of hydrogen-bond donors (Lipinski definition) is 2. The maximum Gasteiger partial charge on any atom is 0.304 e. The fourth-order valence-corrected chi connectivity index (χ4v) is 2.08. The Hall–Kier alpha value is -1.06. The van der Waals surface area contributed by atoms with Crippen molar-refractivity contribution in [3.63, 3.8) is 0 Å². The molecule has 0 aliphatic heterocycles. The van der Waals surface area contributed by atoms with Crippen molar-refractivity contribution in [2.45, 2.75) is 71.1 Å². The van der Waals surface area contributed by atoms with E-state index in [2.05, 4.69) is 6.92 Å². The predicted molar refractivity (Wildman–Crippen MR) is 72.2 cm³/mol. The number of carbonyl (C=O) groups excluding carboxylic acids is 1. The Labute approximate surface area is 110 Å². The minimum atomic E-state index is -0.946. The summed E-state index contributed by atoms with van der Waals surface area (Å²) in [5.41, 5.74) is 5.18. The summed E-state index contributed by atoms with van der Waals surface area (Å²) in [6.45, 7) is 2.20. The number of carbonyl (C=O) groups is 2. The molecule has 0 aromatic heterocycles. The first-order valence-electron chi connectivity index (χ1n) is 7.09. The number of amides is 1. The van der Waals surface area contributed by atoms with Gasteiger partial charge >= 0.3 is 5.97 Å². The van der Waals surface area contributed by atoms with Gasteiger partial charge in [-0.05, 0) is 6.42 Å². The molecule has 4 heteroatoms. The second kappa shape index (κ2) is 11.1. The SMILES string of the molecule is CCCCCCCCCCC(CC(=O)O)C(N)=O. The van der Waals surface area contributed by atoms with E-state index in [4.69, 9.17) is 10.8 Å². The van der Waals surface area contributed by atoms with Crippen molar-refractivity contribution in [1.29, 1.82) is 0 Å². The number of primary amides is 1. The van der Waals surface area contributed by atoms with Crippen LogP contribution in [0.15, 0.2) is 0 Å². The zero-order valence-corrected chi connectivity index (χ0v) is 11.5. The van der Waals surface area contributed by atoms with Gasteiger partial charge in [-0.3, -0.25) is 9.59 Å². The van der Waals surface area contributed by atoms with E-state index < -0.39 is 17.8 Å². The minimum absolute atomic E-state index is 0.133. The summed E-state index contributed by atoms with van der Waals surface area (Å²) < 4.78 is 0. The van der Waals surface area contributed by atoms with E-state index in [1.54, 1.807) is 0 Å². The van der Waals surface area contributed by atoms with Gasteiger partial charge in [0.15, 0.2) is 0 Å². The van der Waals surface area contributed by atoms with Crippen LogP contribution < -0.4 is 5.73 Å². The smallest absolute Gasteiger partial charge is 0.304 e. The molecule has 0 heterocycles. The molecule has 1 atom stereocenters. The Morgan fingerprint density at radius 1 is 1.00 bits per heavy atom. The third kappa shape index (κ3) is 10.1. The number of nitrogens with two attached hydrogens (primary N) is 1. The van der Waals surface area contributed by atoms with Gasteiger partial charge in [-0.2, -0.15) is 0 Å². The number of hydrogen-bond acceptors (Lipinski definition) is 2. The van der Waals surface area contributed by atoms with E-state index in [1.165, 1.54) is 38.5 Å². The Morgan fingerprint density at radius 2 is 1.50 bits per heavy atom. The van der Waals surface area contributed by atoms with Crippen LogP contribution in [0.25, 0.3) is 0 Å². The van der Waals surface area contributed by atoms with E-state index in [-0.39, 0.29) is 6.42 Å². The molecular formula is C14H27NO3. The molecule has 0 saturated carbocycles. The van der Waals surface area contributed by atoms with E-state index >= 15 is 0 Å². The molecule has 0 radical (unpaired) electrons. The van der Waals surface area contributed by atoms with Gasteiger partial charge in [-0.1, -0.05) is 58.3 Å². The van der Waals surface area contributed by atoms with Crippen molar-refractivity contribution in [2.75, 3.05) is 0 Å². The summed E-state index contributed by atoms with van der Waals surface area (Å²) in [6.07, 6.45) is 9.99. The standard InChI is InChI=1S/C14H27NO3/c1-2-3-4-5-6-7-8-9-10-12(14(15)18)11-13(16)17/h12H,2-11H2,1H3,(H2,15,18)(H,16,17). The van der Waals surface area contributed by atoms with Gasteiger partial charge in [0, 0.05) is 5.92 Å². The van der Waals surface area contributed by atoms with Crippen molar-refractivity contribution < 1.29 is 14.7 Å².